The van der Waals surface area contributed by atoms with Crippen LogP contribution in [0.1, 0.15) is 13.8 Å². The summed E-state index contributed by atoms with van der Waals surface area (Å²) in [5.74, 6) is 2.61. The zero-order valence-corrected chi connectivity index (χ0v) is 11.3. The molecule has 1 aliphatic heterocycles. The van der Waals surface area contributed by atoms with Crippen molar-refractivity contribution in [3.05, 3.63) is 12.1 Å². The van der Waals surface area contributed by atoms with Crippen molar-refractivity contribution in [3.63, 3.8) is 0 Å². The molecule has 2 rings (SSSR count). The summed E-state index contributed by atoms with van der Waals surface area (Å²) in [5, 5.41) is 0.620. The van der Waals surface area contributed by atoms with E-state index in [2.05, 4.69) is 23.7 Å². The van der Waals surface area contributed by atoms with Gasteiger partial charge in [-0.25, -0.2) is 0 Å². The summed E-state index contributed by atoms with van der Waals surface area (Å²) in [6.45, 7) is 5.52. The van der Waals surface area contributed by atoms with Crippen LogP contribution < -0.4 is 15.4 Å². The van der Waals surface area contributed by atoms with Crippen LogP contribution in [0.3, 0.4) is 0 Å². The smallest absolute Gasteiger partial charge is 0.238 e. The van der Waals surface area contributed by atoms with Crippen molar-refractivity contribution in [1.29, 1.82) is 0 Å². The van der Waals surface area contributed by atoms with E-state index < -0.39 is 0 Å². The van der Waals surface area contributed by atoms with E-state index in [1.165, 1.54) is 0 Å². The Balaban J connectivity index is 2.27. The Labute approximate surface area is 107 Å². The monoisotopic (exact) mass is 253 g/mol. The van der Waals surface area contributed by atoms with Gasteiger partial charge in [-0.1, -0.05) is 6.92 Å². The van der Waals surface area contributed by atoms with Gasteiger partial charge >= 0.3 is 0 Å². The molecule has 94 valence electrons. The highest BCUT2D eigenvalue weighted by atomic mass is 32.2. The van der Waals surface area contributed by atoms with Crippen LogP contribution >= 0.6 is 11.8 Å². The molecule has 1 saturated heterocycles. The number of rotatable bonds is 2. The minimum Gasteiger partial charge on any atom is -0.479 e. The third kappa shape index (κ3) is 2.44. The third-order valence-electron chi connectivity index (χ3n) is 3.25. The average molecular weight is 253 g/mol. The van der Waals surface area contributed by atoms with Gasteiger partial charge in [-0.2, -0.15) is 16.7 Å². The Morgan fingerprint density at radius 3 is 2.94 bits per heavy atom. The fraction of sp³-hybridized carbons (Fsp3) is 0.583. The minimum atomic E-state index is 0.481. The number of nitrogens with two attached hydrogens (primary N) is 1. The van der Waals surface area contributed by atoms with Gasteiger partial charge in [-0.05, 0) is 19.1 Å². The maximum atomic E-state index is 5.78. The number of hydrogen-bond donors (Lipinski definition) is 1. The molecule has 2 atom stereocenters. The molecule has 1 aromatic heterocycles. The predicted molar refractivity (Wildman–Crippen MR) is 73.9 cm³/mol. The molecule has 2 N–H and O–H groups in total. The molecule has 0 bridgehead atoms. The standard InChI is InChI=1S/C12H19N3OS/c1-8-9(2)17-7-6-15(8)11-5-4-10(13)12(14-11)16-3/h4-5,8-9H,6-7,13H2,1-3H3. The van der Waals surface area contributed by atoms with E-state index in [0.717, 1.165) is 18.1 Å². The first-order valence-corrected chi connectivity index (χ1v) is 6.87. The van der Waals surface area contributed by atoms with E-state index in [1.54, 1.807) is 7.11 Å². The lowest BCUT2D eigenvalue weighted by Crippen LogP contribution is -2.45. The second-order valence-electron chi connectivity index (χ2n) is 4.28. The van der Waals surface area contributed by atoms with Crippen LogP contribution in [0.5, 0.6) is 5.88 Å². The van der Waals surface area contributed by atoms with Crippen molar-refractivity contribution >= 4 is 23.3 Å². The second-order valence-corrected chi connectivity index (χ2v) is 5.76. The number of hydrogen-bond acceptors (Lipinski definition) is 5. The largest absolute Gasteiger partial charge is 0.479 e. The highest BCUT2D eigenvalue weighted by Crippen LogP contribution is 2.30. The number of pyridine rings is 1. The van der Waals surface area contributed by atoms with Crippen LogP contribution in [0.4, 0.5) is 11.5 Å². The van der Waals surface area contributed by atoms with Gasteiger partial charge < -0.3 is 15.4 Å². The zero-order chi connectivity index (χ0) is 12.4. The Kier molecular flexibility index (Phi) is 3.66. The van der Waals surface area contributed by atoms with E-state index >= 15 is 0 Å². The van der Waals surface area contributed by atoms with Gasteiger partial charge in [0.05, 0.1) is 12.8 Å². The van der Waals surface area contributed by atoms with E-state index in [0.29, 0.717) is 22.9 Å². The molecular formula is C12H19N3OS. The normalized spacial score (nSPS) is 24.8. The summed E-state index contributed by atoms with van der Waals surface area (Å²) in [7, 11) is 1.60. The molecule has 5 heteroatoms. The summed E-state index contributed by atoms with van der Waals surface area (Å²) in [4.78, 5) is 6.79. The lowest BCUT2D eigenvalue weighted by molar-refractivity contribution is 0.399. The van der Waals surface area contributed by atoms with Crippen molar-refractivity contribution in [1.82, 2.24) is 4.98 Å². The van der Waals surface area contributed by atoms with Crippen LogP contribution in [-0.2, 0) is 0 Å². The molecule has 2 unspecified atom stereocenters. The second kappa shape index (κ2) is 5.04. The van der Waals surface area contributed by atoms with Crippen molar-refractivity contribution in [2.45, 2.75) is 25.1 Å². The predicted octanol–water partition coefficient (Wildman–Crippen LogP) is 2.00. The summed E-state index contributed by atoms with van der Waals surface area (Å²) in [6, 6.07) is 4.31. The van der Waals surface area contributed by atoms with Crippen molar-refractivity contribution in [2.24, 2.45) is 0 Å². The van der Waals surface area contributed by atoms with Gasteiger partial charge in [-0.15, -0.1) is 0 Å². The van der Waals surface area contributed by atoms with Crippen LogP contribution in [0.2, 0.25) is 0 Å². The molecule has 0 aromatic carbocycles. The Morgan fingerprint density at radius 1 is 1.47 bits per heavy atom. The van der Waals surface area contributed by atoms with Crippen molar-refractivity contribution < 1.29 is 4.74 Å². The van der Waals surface area contributed by atoms with E-state index in [1.807, 2.05) is 23.9 Å². The molecule has 17 heavy (non-hydrogen) atoms. The van der Waals surface area contributed by atoms with Crippen LogP contribution in [0, 0.1) is 0 Å². The quantitative estimate of drug-likeness (QED) is 0.873. The Morgan fingerprint density at radius 2 is 2.24 bits per heavy atom. The SMILES string of the molecule is COc1nc(N2CCSC(C)C2C)ccc1N. The molecule has 0 saturated carbocycles. The topological polar surface area (TPSA) is 51.4 Å². The van der Waals surface area contributed by atoms with Crippen LogP contribution in [0.15, 0.2) is 12.1 Å². The van der Waals surface area contributed by atoms with E-state index in [4.69, 9.17) is 10.5 Å². The van der Waals surface area contributed by atoms with Crippen LogP contribution in [-0.4, -0.2) is 35.7 Å². The van der Waals surface area contributed by atoms with Crippen molar-refractivity contribution in [2.75, 3.05) is 30.0 Å². The third-order valence-corrected chi connectivity index (χ3v) is 4.58. The highest BCUT2D eigenvalue weighted by molar-refractivity contribution is 8.00. The molecule has 0 radical (unpaired) electrons. The highest BCUT2D eigenvalue weighted by Gasteiger charge is 2.26. The Hall–Kier alpha value is -1.10. The first-order valence-electron chi connectivity index (χ1n) is 5.82. The van der Waals surface area contributed by atoms with E-state index in [9.17, 15) is 0 Å². The zero-order valence-electron chi connectivity index (χ0n) is 10.5. The average Bonchev–Trinajstić information content (AvgIpc) is 2.34. The van der Waals surface area contributed by atoms with Gasteiger partial charge in [-0.3, -0.25) is 0 Å². The lowest BCUT2D eigenvalue weighted by atomic mass is 10.2. The fourth-order valence-corrected chi connectivity index (χ4v) is 3.12. The Bertz CT molecular complexity index is 399. The molecular weight excluding hydrogens is 234 g/mol. The van der Waals surface area contributed by atoms with Gasteiger partial charge in [0.25, 0.3) is 0 Å². The summed E-state index contributed by atoms with van der Waals surface area (Å²) < 4.78 is 5.17. The maximum Gasteiger partial charge on any atom is 0.238 e. The van der Waals surface area contributed by atoms with Gasteiger partial charge in [0, 0.05) is 23.6 Å². The van der Waals surface area contributed by atoms with Gasteiger partial charge in [0.2, 0.25) is 5.88 Å². The van der Waals surface area contributed by atoms with Crippen molar-refractivity contribution in [3.8, 4) is 5.88 Å². The number of ether oxygens (including phenoxy) is 1. The number of anilines is 2. The van der Waals surface area contributed by atoms with Gasteiger partial charge in [0.1, 0.15) is 5.82 Å². The number of nitrogen functional groups attached to an aromatic ring is 1. The number of thioether (sulfide) groups is 1. The number of nitrogens with zero attached hydrogens (tertiary/aromatic N) is 2. The maximum absolute atomic E-state index is 5.78. The van der Waals surface area contributed by atoms with Gasteiger partial charge in [0.15, 0.2) is 0 Å². The number of aromatic nitrogens is 1. The molecule has 0 spiro atoms. The lowest BCUT2D eigenvalue weighted by Gasteiger charge is -2.38. The number of methoxy groups -OCH3 is 1. The molecule has 0 aliphatic carbocycles. The molecule has 0 amide bonds. The first kappa shape index (κ1) is 12.4. The summed E-state index contributed by atoms with van der Waals surface area (Å²) in [6.07, 6.45) is 0. The molecule has 1 aromatic rings. The fourth-order valence-electron chi connectivity index (χ4n) is 2.02. The summed E-state index contributed by atoms with van der Waals surface area (Å²) >= 11 is 2.01. The minimum absolute atomic E-state index is 0.481. The molecule has 2 heterocycles. The van der Waals surface area contributed by atoms with Crippen LogP contribution in [0.25, 0.3) is 0 Å². The molecule has 1 aliphatic rings. The first-order chi connectivity index (χ1) is 8.13. The van der Waals surface area contributed by atoms with E-state index in [-0.39, 0.29) is 0 Å². The molecule has 1 fully saturated rings. The molecule has 4 nitrogen and oxygen atoms in total. The summed E-state index contributed by atoms with van der Waals surface area (Å²) in [5.41, 5.74) is 6.37.